The van der Waals surface area contributed by atoms with Gasteiger partial charge in [-0.15, -0.1) is 0 Å². The summed E-state index contributed by atoms with van der Waals surface area (Å²) in [5.74, 6) is 0.156. The predicted octanol–water partition coefficient (Wildman–Crippen LogP) is 4.97. The van der Waals surface area contributed by atoms with E-state index in [1.54, 1.807) is 0 Å². The summed E-state index contributed by atoms with van der Waals surface area (Å²) in [5.41, 5.74) is 3.04. The Hall–Kier alpha value is -3.86. The smallest absolute Gasteiger partial charge is 0.307 e. The molecular formula is C28H25NO4. The number of fused-ring (bicyclic) bond motifs is 2. The monoisotopic (exact) mass is 439 g/mol. The fourth-order valence-electron chi connectivity index (χ4n) is 4.60. The molecule has 5 nitrogen and oxygen atoms in total. The highest BCUT2D eigenvalue weighted by atomic mass is 16.5. The number of carbonyl (C=O) groups excluding carboxylic acids is 2. The van der Waals surface area contributed by atoms with Crippen molar-refractivity contribution in [2.45, 2.75) is 32.4 Å². The summed E-state index contributed by atoms with van der Waals surface area (Å²) in [4.78, 5) is 26.3. The molecule has 0 spiro atoms. The number of amides is 1. The lowest BCUT2D eigenvalue weighted by Crippen LogP contribution is -2.43. The molecule has 0 aliphatic heterocycles. The summed E-state index contributed by atoms with van der Waals surface area (Å²) >= 11 is 0. The molecule has 1 amide bonds. The van der Waals surface area contributed by atoms with Crippen molar-refractivity contribution in [3.05, 3.63) is 107 Å². The van der Waals surface area contributed by atoms with E-state index in [-0.39, 0.29) is 31.4 Å². The fourth-order valence-corrected chi connectivity index (χ4v) is 4.60. The van der Waals surface area contributed by atoms with E-state index >= 15 is 0 Å². The highest BCUT2D eigenvalue weighted by molar-refractivity contribution is 5.89. The molecule has 0 atom stereocenters. The first-order valence-corrected chi connectivity index (χ1v) is 11.1. The maximum absolute atomic E-state index is 13.5. The minimum atomic E-state index is -0.872. The number of carbonyl (C=O) groups is 2. The van der Waals surface area contributed by atoms with Gasteiger partial charge in [-0.3, -0.25) is 9.59 Å². The molecule has 1 aromatic heterocycles. The van der Waals surface area contributed by atoms with E-state index in [1.807, 2.05) is 84.9 Å². The van der Waals surface area contributed by atoms with Gasteiger partial charge in [0.25, 0.3) is 0 Å². The van der Waals surface area contributed by atoms with Crippen molar-refractivity contribution in [2.75, 3.05) is 0 Å². The Balaban J connectivity index is 1.30. The Morgan fingerprint density at radius 2 is 1.55 bits per heavy atom. The van der Waals surface area contributed by atoms with Crippen LogP contribution in [0, 0.1) is 5.41 Å². The average molecular weight is 440 g/mol. The second-order valence-electron chi connectivity index (χ2n) is 8.66. The Labute approximate surface area is 192 Å². The molecule has 5 rings (SSSR count). The van der Waals surface area contributed by atoms with Gasteiger partial charge in [0.05, 0.1) is 18.4 Å². The molecular weight excluding hydrogens is 414 g/mol. The molecule has 4 aromatic rings. The maximum Gasteiger partial charge on any atom is 0.307 e. The number of ether oxygens (including phenoxy) is 1. The van der Waals surface area contributed by atoms with Crippen molar-refractivity contribution in [1.29, 1.82) is 0 Å². The van der Waals surface area contributed by atoms with Gasteiger partial charge in [-0.2, -0.15) is 0 Å². The zero-order valence-corrected chi connectivity index (χ0v) is 18.3. The molecule has 1 heterocycles. The molecule has 0 fully saturated rings. The van der Waals surface area contributed by atoms with Crippen LogP contribution in [0.3, 0.4) is 0 Å². The Kier molecular flexibility index (Phi) is 5.69. The highest BCUT2D eigenvalue weighted by Crippen LogP contribution is 2.40. The van der Waals surface area contributed by atoms with E-state index in [4.69, 9.17) is 9.15 Å². The Bertz CT molecular complexity index is 1230. The summed E-state index contributed by atoms with van der Waals surface area (Å²) < 4.78 is 11.4. The first-order chi connectivity index (χ1) is 16.1. The molecule has 0 saturated heterocycles. The number of hydrogen-bond donors (Lipinski definition) is 1. The third kappa shape index (κ3) is 4.53. The van der Waals surface area contributed by atoms with E-state index in [1.165, 1.54) is 0 Å². The van der Waals surface area contributed by atoms with Crippen LogP contribution in [0.1, 0.15) is 28.9 Å². The van der Waals surface area contributed by atoms with Gasteiger partial charge in [0.1, 0.15) is 18.0 Å². The van der Waals surface area contributed by atoms with Crippen LogP contribution in [-0.4, -0.2) is 11.9 Å². The van der Waals surface area contributed by atoms with Gasteiger partial charge in [-0.25, -0.2) is 0 Å². The van der Waals surface area contributed by atoms with Crippen LogP contribution in [0.5, 0.6) is 0 Å². The number of benzene rings is 3. The van der Waals surface area contributed by atoms with E-state index in [9.17, 15) is 9.59 Å². The van der Waals surface area contributed by atoms with Crippen molar-refractivity contribution in [1.82, 2.24) is 5.32 Å². The van der Waals surface area contributed by atoms with Gasteiger partial charge in [-0.05, 0) is 41.7 Å². The highest BCUT2D eigenvalue weighted by Gasteiger charge is 2.45. The summed E-state index contributed by atoms with van der Waals surface area (Å²) in [6.07, 6.45) is 1.05. The number of nitrogens with one attached hydrogen (secondary N) is 1. The predicted molar refractivity (Wildman–Crippen MR) is 125 cm³/mol. The Morgan fingerprint density at radius 1 is 0.879 bits per heavy atom. The lowest BCUT2D eigenvalue weighted by molar-refractivity contribution is -0.151. The molecule has 3 aromatic carbocycles. The second-order valence-corrected chi connectivity index (χ2v) is 8.66. The first kappa shape index (κ1) is 21.0. The van der Waals surface area contributed by atoms with Crippen molar-refractivity contribution >= 4 is 22.8 Å². The molecule has 1 aliphatic carbocycles. The molecule has 1 N–H and O–H groups in total. The summed E-state index contributed by atoms with van der Waals surface area (Å²) in [6, 6.07) is 27.2. The molecule has 0 bridgehead atoms. The van der Waals surface area contributed by atoms with Crippen molar-refractivity contribution in [3.8, 4) is 0 Å². The van der Waals surface area contributed by atoms with Gasteiger partial charge in [-0.1, -0.05) is 72.8 Å². The SMILES string of the molecule is O=C(CC1(C(=O)NCc2cc3ccccc3o2)Cc2ccccc2C1)OCc1ccccc1. The third-order valence-electron chi connectivity index (χ3n) is 6.28. The van der Waals surface area contributed by atoms with Gasteiger partial charge in [0.2, 0.25) is 5.91 Å². The quantitative estimate of drug-likeness (QED) is 0.413. The van der Waals surface area contributed by atoms with Crippen LogP contribution in [0.2, 0.25) is 0 Å². The van der Waals surface area contributed by atoms with E-state index < -0.39 is 5.41 Å². The van der Waals surface area contributed by atoms with E-state index in [0.29, 0.717) is 18.6 Å². The number of esters is 1. The third-order valence-corrected chi connectivity index (χ3v) is 6.28. The van der Waals surface area contributed by atoms with Crippen LogP contribution < -0.4 is 5.32 Å². The van der Waals surface area contributed by atoms with Gasteiger partial charge in [0.15, 0.2) is 0 Å². The van der Waals surface area contributed by atoms with Gasteiger partial charge >= 0.3 is 5.97 Å². The number of furan rings is 1. The minimum Gasteiger partial charge on any atom is -0.461 e. The Morgan fingerprint density at radius 3 is 2.27 bits per heavy atom. The average Bonchev–Trinajstić information content (AvgIpc) is 3.43. The fraction of sp³-hybridized carbons (Fsp3) is 0.214. The van der Waals surface area contributed by atoms with E-state index in [0.717, 1.165) is 27.7 Å². The summed E-state index contributed by atoms with van der Waals surface area (Å²) in [5, 5.41) is 4.01. The maximum atomic E-state index is 13.5. The van der Waals surface area contributed by atoms with Gasteiger partial charge < -0.3 is 14.5 Å². The number of hydrogen-bond acceptors (Lipinski definition) is 4. The molecule has 1 aliphatic rings. The lowest BCUT2D eigenvalue weighted by atomic mass is 9.80. The van der Waals surface area contributed by atoms with Crippen molar-refractivity contribution in [2.24, 2.45) is 5.41 Å². The second kappa shape index (κ2) is 8.94. The molecule has 0 saturated carbocycles. The van der Waals surface area contributed by atoms with Crippen molar-refractivity contribution in [3.63, 3.8) is 0 Å². The lowest BCUT2D eigenvalue weighted by Gasteiger charge is -2.26. The largest absolute Gasteiger partial charge is 0.461 e. The molecule has 0 radical (unpaired) electrons. The normalized spacial score (nSPS) is 14.1. The van der Waals surface area contributed by atoms with Crippen LogP contribution in [-0.2, 0) is 40.3 Å². The van der Waals surface area contributed by atoms with Crippen molar-refractivity contribution < 1.29 is 18.7 Å². The standard InChI is InChI=1S/C28H25NO4/c30-26(32-19-20-8-2-1-3-9-20)17-28(15-22-11-4-5-12-23(22)16-28)27(31)29-18-24-14-21-10-6-7-13-25(21)33-24/h1-14H,15-19H2,(H,29,31). The zero-order valence-electron chi connectivity index (χ0n) is 18.3. The van der Waals surface area contributed by atoms with E-state index in [2.05, 4.69) is 5.32 Å². The van der Waals surface area contributed by atoms with Crippen LogP contribution >= 0.6 is 0 Å². The molecule has 5 heteroatoms. The number of rotatable bonds is 7. The van der Waals surface area contributed by atoms with Gasteiger partial charge in [0, 0.05) is 5.39 Å². The van der Waals surface area contributed by atoms with Crippen LogP contribution in [0.25, 0.3) is 11.0 Å². The minimum absolute atomic E-state index is 0.0283. The summed E-state index contributed by atoms with van der Waals surface area (Å²) in [6.45, 7) is 0.466. The molecule has 33 heavy (non-hydrogen) atoms. The van der Waals surface area contributed by atoms with Crippen LogP contribution in [0.4, 0.5) is 0 Å². The topological polar surface area (TPSA) is 68.5 Å². The number of para-hydroxylation sites is 1. The molecule has 166 valence electrons. The molecule has 0 unspecified atom stereocenters. The first-order valence-electron chi connectivity index (χ1n) is 11.1. The zero-order chi connectivity index (χ0) is 22.7. The van der Waals surface area contributed by atoms with Crippen LogP contribution in [0.15, 0.2) is 89.3 Å². The summed E-state index contributed by atoms with van der Waals surface area (Å²) in [7, 11) is 0.